The molecule has 82 valence electrons. The third-order valence-electron chi connectivity index (χ3n) is 2.42. The quantitative estimate of drug-likeness (QED) is 0.707. The lowest BCUT2D eigenvalue weighted by Gasteiger charge is -2.22. The molecule has 0 aromatic carbocycles. The van der Waals surface area contributed by atoms with E-state index >= 15 is 0 Å². The molecule has 0 aliphatic heterocycles. The molecule has 0 spiro atoms. The monoisotopic (exact) mass is 201 g/mol. The second-order valence-electron chi connectivity index (χ2n) is 5.13. The van der Waals surface area contributed by atoms with Crippen LogP contribution in [-0.4, -0.2) is 28.9 Å². The van der Waals surface area contributed by atoms with Gasteiger partial charge < -0.3 is 15.2 Å². The summed E-state index contributed by atoms with van der Waals surface area (Å²) in [5.74, 6) is 0.176. The fourth-order valence-electron chi connectivity index (χ4n) is 1.41. The predicted molar refractivity (Wildman–Crippen MR) is 53.0 cm³/mol. The van der Waals surface area contributed by atoms with Crippen LogP contribution in [0.5, 0.6) is 0 Å². The highest BCUT2D eigenvalue weighted by Gasteiger charge is 2.51. The first-order valence-corrected chi connectivity index (χ1v) is 4.89. The lowest BCUT2D eigenvalue weighted by atomic mass is 10.2. The number of carbonyl (C=O) groups excluding carboxylic acids is 1. The van der Waals surface area contributed by atoms with Gasteiger partial charge in [0.15, 0.2) is 0 Å². The summed E-state index contributed by atoms with van der Waals surface area (Å²) in [6.07, 6.45) is 0.416. The van der Waals surface area contributed by atoms with Crippen LogP contribution in [0.15, 0.2) is 0 Å². The SMILES string of the molecule is CC(C)(C)OC(=O)N[C@]1(C)C[C@H]1CO. The summed E-state index contributed by atoms with van der Waals surface area (Å²) in [6.45, 7) is 7.51. The zero-order valence-corrected chi connectivity index (χ0v) is 9.26. The first-order valence-electron chi connectivity index (χ1n) is 4.89. The maximum absolute atomic E-state index is 11.4. The Balaban J connectivity index is 2.36. The van der Waals surface area contributed by atoms with Gasteiger partial charge in [-0.25, -0.2) is 4.79 Å². The highest BCUT2D eigenvalue weighted by molar-refractivity contribution is 5.69. The normalized spacial score (nSPS) is 31.1. The number of hydrogen-bond acceptors (Lipinski definition) is 3. The summed E-state index contributed by atoms with van der Waals surface area (Å²) in [4.78, 5) is 11.4. The van der Waals surface area contributed by atoms with Gasteiger partial charge in [0.25, 0.3) is 0 Å². The van der Waals surface area contributed by atoms with Gasteiger partial charge in [0, 0.05) is 18.1 Å². The van der Waals surface area contributed by atoms with Crippen LogP contribution in [0.2, 0.25) is 0 Å². The molecule has 1 fully saturated rings. The maximum atomic E-state index is 11.4. The number of nitrogens with one attached hydrogen (secondary N) is 1. The Hall–Kier alpha value is -0.770. The minimum atomic E-state index is -0.468. The van der Waals surface area contributed by atoms with Gasteiger partial charge in [-0.1, -0.05) is 0 Å². The van der Waals surface area contributed by atoms with Gasteiger partial charge >= 0.3 is 6.09 Å². The van der Waals surface area contributed by atoms with Crippen molar-refractivity contribution in [1.82, 2.24) is 5.32 Å². The zero-order valence-electron chi connectivity index (χ0n) is 9.26. The van der Waals surface area contributed by atoms with Crippen molar-refractivity contribution in [3.05, 3.63) is 0 Å². The third-order valence-corrected chi connectivity index (χ3v) is 2.42. The summed E-state index contributed by atoms with van der Waals surface area (Å²) >= 11 is 0. The van der Waals surface area contributed by atoms with Gasteiger partial charge in [0.2, 0.25) is 0 Å². The van der Waals surface area contributed by atoms with Gasteiger partial charge in [-0.2, -0.15) is 0 Å². The zero-order chi connectivity index (χ0) is 11.0. The van der Waals surface area contributed by atoms with Gasteiger partial charge in [0.1, 0.15) is 5.60 Å². The fraction of sp³-hybridized carbons (Fsp3) is 0.900. The third kappa shape index (κ3) is 2.87. The van der Waals surface area contributed by atoms with Gasteiger partial charge in [-0.05, 0) is 34.1 Å². The number of aliphatic hydroxyl groups excluding tert-OH is 1. The Morgan fingerprint density at radius 2 is 2.21 bits per heavy atom. The van der Waals surface area contributed by atoms with E-state index in [2.05, 4.69) is 5.32 Å². The van der Waals surface area contributed by atoms with E-state index in [1.165, 1.54) is 0 Å². The molecule has 0 unspecified atom stereocenters. The van der Waals surface area contributed by atoms with Crippen LogP contribution in [-0.2, 0) is 4.74 Å². The van der Waals surface area contributed by atoms with Gasteiger partial charge in [0.05, 0.1) is 0 Å². The fourth-order valence-corrected chi connectivity index (χ4v) is 1.41. The van der Waals surface area contributed by atoms with Crippen LogP contribution in [0, 0.1) is 5.92 Å². The highest BCUT2D eigenvalue weighted by Crippen LogP contribution is 2.42. The lowest BCUT2D eigenvalue weighted by molar-refractivity contribution is 0.0493. The molecule has 2 N–H and O–H groups in total. The molecule has 4 heteroatoms. The topological polar surface area (TPSA) is 58.6 Å². The molecule has 1 aliphatic rings. The van der Waals surface area contributed by atoms with Crippen LogP contribution in [0.4, 0.5) is 4.79 Å². The average molecular weight is 201 g/mol. The number of rotatable bonds is 2. The van der Waals surface area contributed by atoms with E-state index in [4.69, 9.17) is 9.84 Å². The summed E-state index contributed by atoms with van der Waals surface area (Å²) in [5.41, 5.74) is -0.735. The van der Waals surface area contributed by atoms with Crippen molar-refractivity contribution in [2.45, 2.75) is 45.3 Å². The van der Waals surface area contributed by atoms with E-state index in [0.717, 1.165) is 6.42 Å². The van der Waals surface area contributed by atoms with E-state index in [-0.39, 0.29) is 18.1 Å². The van der Waals surface area contributed by atoms with E-state index in [0.29, 0.717) is 0 Å². The molecule has 4 nitrogen and oxygen atoms in total. The molecule has 1 rings (SSSR count). The van der Waals surface area contributed by atoms with Crippen LogP contribution in [0.25, 0.3) is 0 Å². The van der Waals surface area contributed by atoms with Crippen LogP contribution < -0.4 is 5.32 Å². The molecule has 2 atom stereocenters. The van der Waals surface area contributed by atoms with Crippen molar-refractivity contribution in [2.24, 2.45) is 5.92 Å². The molecule has 0 aromatic rings. The van der Waals surface area contributed by atoms with E-state index in [1.54, 1.807) is 0 Å². The molecular weight excluding hydrogens is 182 g/mol. The van der Waals surface area contributed by atoms with Gasteiger partial charge in [-0.15, -0.1) is 0 Å². The number of ether oxygens (including phenoxy) is 1. The molecule has 1 saturated carbocycles. The lowest BCUT2D eigenvalue weighted by Crippen LogP contribution is -2.40. The van der Waals surface area contributed by atoms with E-state index in [9.17, 15) is 4.79 Å². The van der Waals surface area contributed by atoms with Crippen molar-refractivity contribution in [1.29, 1.82) is 0 Å². The molecule has 0 aromatic heterocycles. The summed E-state index contributed by atoms with van der Waals surface area (Å²) in [5, 5.41) is 11.7. The molecule has 0 radical (unpaired) electrons. The molecule has 1 amide bonds. The van der Waals surface area contributed by atoms with Crippen molar-refractivity contribution in [3.8, 4) is 0 Å². The Kier molecular flexibility index (Phi) is 2.76. The molecule has 1 aliphatic carbocycles. The van der Waals surface area contributed by atoms with E-state index < -0.39 is 11.7 Å². The predicted octanol–water partition coefficient (Wildman–Crippen LogP) is 1.28. The highest BCUT2D eigenvalue weighted by atomic mass is 16.6. The Bertz CT molecular complexity index is 234. The van der Waals surface area contributed by atoms with Crippen molar-refractivity contribution in [2.75, 3.05) is 6.61 Å². The molecule has 0 saturated heterocycles. The minimum Gasteiger partial charge on any atom is -0.444 e. The number of aliphatic hydroxyl groups is 1. The van der Waals surface area contributed by atoms with Crippen LogP contribution >= 0.6 is 0 Å². The van der Waals surface area contributed by atoms with Crippen molar-refractivity contribution < 1.29 is 14.6 Å². The summed E-state index contributed by atoms with van der Waals surface area (Å²) < 4.78 is 5.11. The molecule has 0 heterocycles. The molecule has 0 bridgehead atoms. The number of hydrogen-bond donors (Lipinski definition) is 2. The Labute approximate surface area is 84.6 Å². The first kappa shape index (κ1) is 11.3. The largest absolute Gasteiger partial charge is 0.444 e. The number of amides is 1. The first-order chi connectivity index (χ1) is 6.27. The summed E-state index contributed by atoms with van der Waals surface area (Å²) in [6, 6.07) is 0. The van der Waals surface area contributed by atoms with Crippen molar-refractivity contribution >= 4 is 6.09 Å². The second-order valence-corrected chi connectivity index (χ2v) is 5.13. The van der Waals surface area contributed by atoms with Crippen LogP contribution in [0.1, 0.15) is 34.1 Å². The van der Waals surface area contributed by atoms with E-state index in [1.807, 2.05) is 27.7 Å². The number of carbonyl (C=O) groups is 1. The minimum absolute atomic E-state index is 0.117. The smallest absolute Gasteiger partial charge is 0.408 e. The average Bonchev–Trinajstić information content (AvgIpc) is 2.56. The van der Waals surface area contributed by atoms with Crippen molar-refractivity contribution in [3.63, 3.8) is 0 Å². The van der Waals surface area contributed by atoms with Gasteiger partial charge in [-0.3, -0.25) is 0 Å². The maximum Gasteiger partial charge on any atom is 0.408 e. The Morgan fingerprint density at radius 3 is 2.57 bits per heavy atom. The summed E-state index contributed by atoms with van der Waals surface area (Å²) in [7, 11) is 0. The molecular formula is C10H19NO3. The van der Waals surface area contributed by atoms with Crippen LogP contribution in [0.3, 0.4) is 0 Å². The molecule has 14 heavy (non-hydrogen) atoms. The Morgan fingerprint density at radius 1 is 1.64 bits per heavy atom. The standard InChI is InChI=1S/C10H19NO3/c1-9(2,3)14-8(13)11-10(4)5-7(10)6-12/h7,12H,5-6H2,1-4H3,(H,11,13)/t7-,10+/m0/s1. The number of alkyl carbamates (subject to hydrolysis) is 1. The second kappa shape index (κ2) is 3.42.